The summed E-state index contributed by atoms with van der Waals surface area (Å²) in [5.41, 5.74) is 2.39. The lowest BCUT2D eigenvalue weighted by molar-refractivity contribution is -0.141. The standard InChI is InChI=1S/C6H10N2O4/c9-5(10)4-2-1-3-8(7-4)6(11)12/h4,7H,1-3H2,(H,9,10)(H,11,12)/t4-/m0/s1. The van der Waals surface area contributed by atoms with Crippen molar-refractivity contribution in [3.63, 3.8) is 0 Å². The molecular weight excluding hydrogens is 164 g/mol. The highest BCUT2D eigenvalue weighted by Gasteiger charge is 2.26. The first-order chi connectivity index (χ1) is 5.61. The summed E-state index contributed by atoms with van der Waals surface area (Å²) in [5, 5.41) is 18.0. The van der Waals surface area contributed by atoms with Crippen LogP contribution in [0.3, 0.4) is 0 Å². The monoisotopic (exact) mass is 174 g/mol. The van der Waals surface area contributed by atoms with Crippen LogP contribution < -0.4 is 5.43 Å². The molecule has 0 saturated carbocycles. The van der Waals surface area contributed by atoms with E-state index in [1.165, 1.54) is 0 Å². The van der Waals surface area contributed by atoms with Crippen LogP contribution in [0, 0.1) is 0 Å². The van der Waals surface area contributed by atoms with E-state index in [0.29, 0.717) is 19.4 Å². The second kappa shape index (κ2) is 3.40. The second-order valence-electron chi connectivity index (χ2n) is 2.60. The van der Waals surface area contributed by atoms with Crippen LogP contribution in [0.25, 0.3) is 0 Å². The first kappa shape index (κ1) is 8.79. The van der Waals surface area contributed by atoms with Gasteiger partial charge in [0.1, 0.15) is 6.04 Å². The molecule has 68 valence electrons. The van der Waals surface area contributed by atoms with Crippen molar-refractivity contribution in [1.82, 2.24) is 10.4 Å². The van der Waals surface area contributed by atoms with E-state index in [-0.39, 0.29) is 0 Å². The number of carboxylic acid groups (broad SMARTS) is 2. The molecule has 0 aromatic rings. The maximum Gasteiger partial charge on any atom is 0.421 e. The van der Waals surface area contributed by atoms with Crippen molar-refractivity contribution in [2.24, 2.45) is 0 Å². The average Bonchev–Trinajstić information content (AvgIpc) is 2.04. The number of amides is 1. The Morgan fingerprint density at radius 2 is 2.08 bits per heavy atom. The van der Waals surface area contributed by atoms with Crippen LogP contribution >= 0.6 is 0 Å². The van der Waals surface area contributed by atoms with Gasteiger partial charge in [-0.3, -0.25) is 4.79 Å². The third kappa shape index (κ3) is 1.85. The number of carboxylic acids is 1. The molecule has 0 bridgehead atoms. The molecule has 12 heavy (non-hydrogen) atoms. The smallest absolute Gasteiger partial charge is 0.421 e. The summed E-state index contributed by atoms with van der Waals surface area (Å²) in [7, 11) is 0. The van der Waals surface area contributed by atoms with Gasteiger partial charge in [0.15, 0.2) is 0 Å². The molecule has 1 aliphatic rings. The molecule has 1 atom stereocenters. The van der Waals surface area contributed by atoms with Crippen LogP contribution in [-0.2, 0) is 4.79 Å². The first-order valence-electron chi connectivity index (χ1n) is 3.60. The molecule has 6 nitrogen and oxygen atoms in total. The number of hydrogen-bond acceptors (Lipinski definition) is 3. The van der Waals surface area contributed by atoms with Gasteiger partial charge in [-0.05, 0) is 12.8 Å². The zero-order valence-electron chi connectivity index (χ0n) is 6.36. The van der Waals surface area contributed by atoms with Crippen LogP contribution in [0.5, 0.6) is 0 Å². The highest BCUT2D eigenvalue weighted by molar-refractivity contribution is 5.74. The molecule has 0 aromatic heterocycles. The number of nitrogens with zero attached hydrogens (tertiary/aromatic N) is 1. The Morgan fingerprint density at radius 3 is 2.58 bits per heavy atom. The van der Waals surface area contributed by atoms with Gasteiger partial charge in [-0.2, -0.15) is 0 Å². The molecule has 3 N–H and O–H groups in total. The molecule has 0 aliphatic carbocycles. The maximum atomic E-state index is 10.4. The van der Waals surface area contributed by atoms with Gasteiger partial charge in [-0.15, -0.1) is 0 Å². The minimum absolute atomic E-state index is 0.346. The fourth-order valence-corrected chi connectivity index (χ4v) is 1.10. The highest BCUT2D eigenvalue weighted by atomic mass is 16.4. The number of rotatable bonds is 1. The quantitative estimate of drug-likeness (QED) is 0.508. The molecule has 0 aromatic carbocycles. The lowest BCUT2D eigenvalue weighted by Crippen LogP contribution is -2.54. The molecular formula is C6H10N2O4. The van der Waals surface area contributed by atoms with Crippen molar-refractivity contribution in [3.8, 4) is 0 Å². The Morgan fingerprint density at radius 1 is 1.42 bits per heavy atom. The molecule has 1 amide bonds. The lowest BCUT2D eigenvalue weighted by atomic mass is 10.1. The Kier molecular flexibility index (Phi) is 2.49. The summed E-state index contributed by atoms with van der Waals surface area (Å²) in [5.74, 6) is -1.01. The van der Waals surface area contributed by atoms with Crippen molar-refractivity contribution >= 4 is 12.1 Å². The number of hydrogen-bond donors (Lipinski definition) is 3. The van der Waals surface area contributed by atoms with Gasteiger partial charge < -0.3 is 10.2 Å². The van der Waals surface area contributed by atoms with Crippen LogP contribution in [0.4, 0.5) is 4.79 Å². The zero-order valence-corrected chi connectivity index (χ0v) is 6.36. The van der Waals surface area contributed by atoms with Gasteiger partial charge in [0.25, 0.3) is 0 Å². The van der Waals surface area contributed by atoms with Crippen molar-refractivity contribution in [2.45, 2.75) is 18.9 Å². The lowest BCUT2D eigenvalue weighted by Gasteiger charge is -2.29. The molecule has 6 heteroatoms. The predicted molar refractivity (Wildman–Crippen MR) is 38.5 cm³/mol. The third-order valence-corrected chi connectivity index (χ3v) is 1.72. The van der Waals surface area contributed by atoms with E-state index in [0.717, 1.165) is 5.01 Å². The molecule has 0 spiro atoms. The maximum absolute atomic E-state index is 10.4. The molecule has 0 radical (unpaired) electrons. The van der Waals surface area contributed by atoms with E-state index < -0.39 is 18.1 Å². The number of nitrogens with one attached hydrogen (secondary N) is 1. The summed E-state index contributed by atoms with van der Waals surface area (Å²) in [4.78, 5) is 20.8. The van der Waals surface area contributed by atoms with Gasteiger partial charge in [0.05, 0.1) is 0 Å². The largest absolute Gasteiger partial charge is 0.480 e. The van der Waals surface area contributed by atoms with Crippen molar-refractivity contribution in [2.75, 3.05) is 6.54 Å². The number of aliphatic carboxylic acids is 1. The Hall–Kier alpha value is -1.30. The first-order valence-corrected chi connectivity index (χ1v) is 3.60. The highest BCUT2D eigenvalue weighted by Crippen LogP contribution is 2.06. The van der Waals surface area contributed by atoms with Crippen LogP contribution in [0.1, 0.15) is 12.8 Å². The van der Waals surface area contributed by atoms with Crippen molar-refractivity contribution in [1.29, 1.82) is 0 Å². The van der Waals surface area contributed by atoms with E-state index in [9.17, 15) is 9.59 Å². The third-order valence-electron chi connectivity index (χ3n) is 1.72. The summed E-state index contributed by atoms with van der Waals surface area (Å²) in [6, 6.07) is -0.769. The van der Waals surface area contributed by atoms with E-state index >= 15 is 0 Å². The van der Waals surface area contributed by atoms with E-state index in [4.69, 9.17) is 10.2 Å². The van der Waals surface area contributed by atoms with Crippen LogP contribution in [-0.4, -0.2) is 39.9 Å². The fourth-order valence-electron chi connectivity index (χ4n) is 1.10. The van der Waals surface area contributed by atoms with Gasteiger partial charge in [0.2, 0.25) is 0 Å². The van der Waals surface area contributed by atoms with Crippen molar-refractivity contribution < 1.29 is 19.8 Å². The van der Waals surface area contributed by atoms with Crippen LogP contribution in [0.2, 0.25) is 0 Å². The number of carbonyl (C=O) groups is 2. The summed E-state index contributed by atoms with van der Waals surface area (Å²) >= 11 is 0. The predicted octanol–water partition coefficient (Wildman–Crippen LogP) is -0.282. The Balaban J connectivity index is 2.51. The molecule has 0 unspecified atom stereocenters. The molecule has 1 aliphatic heterocycles. The molecule has 1 saturated heterocycles. The molecule has 1 fully saturated rings. The molecule has 1 rings (SSSR count). The van der Waals surface area contributed by atoms with Gasteiger partial charge >= 0.3 is 12.1 Å². The van der Waals surface area contributed by atoms with E-state index in [2.05, 4.69) is 5.43 Å². The van der Waals surface area contributed by atoms with E-state index in [1.807, 2.05) is 0 Å². The Bertz CT molecular complexity index is 186. The Labute approximate surface area is 68.7 Å². The SMILES string of the molecule is O=C(O)[C@@H]1CCCN(C(=O)O)N1. The van der Waals surface area contributed by atoms with Gasteiger partial charge in [-0.25, -0.2) is 15.2 Å². The van der Waals surface area contributed by atoms with Crippen molar-refractivity contribution in [3.05, 3.63) is 0 Å². The second-order valence-corrected chi connectivity index (χ2v) is 2.60. The van der Waals surface area contributed by atoms with Gasteiger partial charge in [0, 0.05) is 6.54 Å². The number of hydrazine groups is 1. The summed E-state index contributed by atoms with van der Waals surface area (Å²) in [6.07, 6.45) is -0.0870. The molecule has 1 heterocycles. The normalized spacial score (nSPS) is 23.7. The zero-order chi connectivity index (χ0) is 9.14. The minimum Gasteiger partial charge on any atom is -0.480 e. The topological polar surface area (TPSA) is 89.9 Å². The fraction of sp³-hybridized carbons (Fsp3) is 0.667. The minimum atomic E-state index is -1.14. The van der Waals surface area contributed by atoms with E-state index in [1.54, 1.807) is 0 Å². The summed E-state index contributed by atoms with van der Waals surface area (Å²) in [6.45, 7) is 0.346. The van der Waals surface area contributed by atoms with Gasteiger partial charge in [-0.1, -0.05) is 0 Å². The van der Waals surface area contributed by atoms with Crippen LogP contribution in [0.15, 0.2) is 0 Å². The summed E-state index contributed by atoms with van der Waals surface area (Å²) < 4.78 is 0. The average molecular weight is 174 g/mol.